The summed E-state index contributed by atoms with van der Waals surface area (Å²) in [6.07, 6.45) is -0.143. The number of amides is 1. The van der Waals surface area contributed by atoms with Crippen LogP contribution in [0.4, 0.5) is 10.5 Å². The van der Waals surface area contributed by atoms with Gasteiger partial charge in [0.15, 0.2) is 0 Å². The van der Waals surface area contributed by atoms with Gasteiger partial charge in [-0.25, -0.2) is 4.79 Å². The van der Waals surface area contributed by atoms with Crippen LogP contribution in [0.3, 0.4) is 0 Å². The molecule has 5 nitrogen and oxygen atoms in total. The maximum Gasteiger partial charge on any atom is 0.411 e. The molecule has 0 saturated heterocycles. The fourth-order valence-corrected chi connectivity index (χ4v) is 2.59. The fourth-order valence-electron chi connectivity index (χ4n) is 2.59. The molecule has 0 aliphatic heterocycles. The molecule has 0 aliphatic carbocycles. The normalized spacial score (nSPS) is 9.96. The molecule has 0 bridgehead atoms. The first-order valence-electron chi connectivity index (χ1n) is 8.89. The first-order chi connectivity index (χ1) is 13.7. The Bertz CT molecular complexity index is 948. The van der Waals surface area contributed by atoms with Crippen LogP contribution in [-0.2, 0) is 24.4 Å². The predicted molar refractivity (Wildman–Crippen MR) is 107 cm³/mol. The molecule has 0 unspecified atom stereocenters. The number of nitrogens with zero attached hydrogens (tertiary/aromatic N) is 1. The van der Waals surface area contributed by atoms with E-state index < -0.39 is 6.09 Å². The second-order valence-electron chi connectivity index (χ2n) is 6.11. The van der Waals surface area contributed by atoms with E-state index in [-0.39, 0.29) is 6.61 Å². The summed E-state index contributed by atoms with van der Waals surface area (Å²) >= 11 is 0. The standard InChI is InChI=1S/C23H20N2O3/c24-15-14-18-10-12-21(13-11-18)27-17-20-8-4-5-9-22(20)25-23(26)28-16-19-6-2-1-3-7-19/h1-13H,14,16-17H2,(H,25,26). The van der Waals surface area contributed by atoms with E-state index in [4.69, 9.17) is 14.7 Å². The number of ether oxygens (including phenoxy) is 2. The van der Waals surface area contributed by atoms with E-state index in [9.17, 15) is 4.79 Å². The number of carbonyl (C=O) groups excluding carboxylic acids is 1. The summed E-state index contributed by atoms with van der Waals surface area (Å²) in [5.74, 6) is 0.697. The molecular weight excluding hydrogens is 352 g/mol. The first-order valence-corrected chi connectivity index (χ1v) is 8.89. The SMILES string of the molecule is N#CCc1ccc(OCc2ccccc2NC(=O)OCc2ccccc2)cc1. The highest BCUT2D eigenvalue weighted by molar-refractivity contribution is 5.85. The Hall–Kier alpha value is -3.78. The summed E-state index contributed by atoms with van der Waals surface area (Å²) in [5, 5.41) is 11.5. The van der Waals surface area contributed by atoms with Crippen molar-refractivity contribution in [3.05, 3.63) is 95.6 Å². The number of hydrogen-bond acceptors (Lipinski definition) is 4. The fraction of sp³-hybridized carbons (Fsp3) is 0.130. The van der Waals surface area contributed by atoms with Crippen molar-refractivity contribution in [3.8, 4) is 11.8 Å². The van der Waals surface area contributed by atoms with Gasteiger partial charge in [-0.15, -0.1) is 0 Å². The number of para-hydroxylation sites is 1. The quantitative estimate of drug-likeness (QED) is 0.628. The lowest BCUT2D eigenvalue weighted by molar-refractivity contribution is 0.155. The molecule has 0 radical (unpaired) electrons. The van der Waals surface area contributed by atoms with Crippen LogP contribution in [-0.4, -0.2) is 6.09 Å². The second kappa shape index (κ2) is 9.79. The Morgan fingerprint density at radius 1 is 0.857 bits per heavy atom. The lowest BCUT2D eigenvalue weighted by atomic mass is 10.1. The van der Waals surface area contributed by atoms with Gasteiger partial charge in [-0.2, -0.15) is 5.26 Å². The van der Waals surface area contributed by atoms with Gasteiger partial charge in [-0.3, -0.25) is 5.32 Å². The van der Waals surface area contributed by atoms with Crippen LogP contribution in [0.1, 0.15) is 16.7 Å². The minimum absolute atomic E-state index is 0.209. The van der Waals surface area contributed by atoms with Crippen LogP contribution in [0.2, 0.25) is 0 Å². The molecule has 3 aromatic carbocycles. The molecule has 0 atom stereocenters. The molecule has 3 aromatic rings. The molecule has 0 fully saturated rings. The second-order valence-corrected chi connectivity index (χ2v) is 6.11. The lowest BCUT2D eigenvalue weighted by Gasteiger charge is -2.13. The molecule has 3 rings (SSSR count). The minimum atomic E-state index is -0.517. The predicted octanol–water partition coefficient (Wildman–Crippen LogP) is 5.08. The third-order valence-corrected chi connectivity index (χ3v) is 4.07. The molecule has 140 valence electrons. The van der Waals surface area contributed by atoms with Crippen LogP contribution in [0.15, 0.2) is 78.9 Å². The summed E-state index contributed by atoms with van der Waals surface area (Å²) in [6.45, 7) is 0.507. The Morgan fingerprint density at radius 2 is 1.57 bits per heavy atom. The van der Waals surface area contributed by atoms with E-state index in [1.807, 2.05) is 72.8 Å². The van der Waals surface area contributed by atoms with Gasteiger partial charge in [0.1, 0.15) is 19.0 Å². The third kappa shape index (κ3) is 5.61. The van der Waals surface area contributed by atoms with E-state index in [0.29, 0.717) is 24.5 Å². The van der Waals surface area contributed by atoms with E-state index >= 15 is 0 Å². The Labute approximate surface area is 164 Å². The topological polar surface area (TPSA) is 71.3 Å². The zero-order chi connectivity index (χ0) is 19.6. The third-order valence-electron chi connectivity index (χ3n) is 4.07. The van der Waals surface area contributed by atoms with Crippen molar-refractivity contribution in [2.24, 2.45) is 0 Å². The average Bonchev–Trinajstić information content (AvgIpc) is 2.74. The van der Waals surface area contributed by atoms with E-state index in [1.165, 1.54) is 0 Å². The molecule has 0 saturated carbocycles. The van der Waals surface area contributed by atoms with E-state index in [2.05, 4.69) is 11.4 Å². The molecular formula is C23H20N2O3. The zero-order valence-corrected chi connectivity index (χ0v) is 15.3. The van der Waals surface area contributed by atoms with Gasteiger partial charge in [0, 0.05) is 5.56 Å². The maximum absolute atomic E-state index is 12.1. The van der Waals surface area contributed by atoms with Crippen LogP contribution in [0.5, 0.6) is 5.75 Å². The summed E-state index contributed by atoms with van der Waals surface area (Å²) in [6, 6.07) is 26.4. The van der Waals surface area contributed by atoms with Gasteiger partial charge in [0.25, 0.3) is 0 Å². The van der Waals surface area contributed by atoms with Gasteiger partial charge in [-0.05, 0) is 29.3 Å². The molecule has 0 heterocycles. The van der Waals surface area contributed by atoms with Gasteiger partial charge in [0.2, 0.25) is 0 Å². The lowest BCUT2D eigenvalue weighted by Crippen LogP contribution is -2.15. The summed E-state index contributed by atoms with van der Waals surface area (Å²) in [7, 11) is 0. The number of benzene rings is 3. The molecule has 1 amide bonds. The van der Waals surface area contributed by atoms with Gasteiger partial charge < -0.3 is 9.47 Å². The Kier molecular flexibility index (Phi) is 6.64. The van der Waals surface area contributed by atoms with Crippen LogP contribution >= 0.6 is 0 Å². The summed E-state index contributed by atoms with van der Waals surface area (Å²) < 4.78 is 11.1. The van der Waals surface area contributed by atoms with Crippen molar-refractivity contribution in [1.29, 1.82) is 5.26 Å². The number of rotatable bonds is 7. The molecule has 5 heteroatoms. The number of anilines is 1. The summed E-state index contributed by atoms with van der Waals surface area (Å²) in [5.41, 5.74) is 3.34. The van der Waals surface area contributed by atoms with Crippen molar-refractivity contribution in [3.63, 3.8) is 0 Å². The maximum atomic E-state index is 12.1. The number of nitriles is 1. The minimum Gasteiger partial charge on any atom is -0.489 e. The molecule has 0 aromatic heterocycles. The van der Waals surface area contributed by atoms with Gasteiger partial charge in [0.05, 0.1) is 18.2 Å². The van der Waals surface area contributed by atoms with Crippen LogP contribution in [0.25, 0.3) is 0 Å². The van der Waals surface area contributed by atoms with Gasteiger partial charge in [-0.1, -0.05) is 60.7 Å². The highest BCUT2D eigenvalue weighted by atomic mass is 16.5. The number of carbonyl (C=O) groups is 1. The first kappa shape index (κ1) is 19.0. The highest BCUT2D eigenvalue weighted by Crippen LogP contribution is 2.19. The molecule has 1 N–H and O–H groups in total. The van der Waals surface area contributed by atoms with Crippen LogP contribution in [0, 0.1) is 11.3 Å². The largest absolute Gasteiger partial charge is 0.489 e. The molecule has 0 spiro atoms. The number of hydrogen-bond donors (Lipinski definition) is 1. The highest BCUT2D eigenvalue weighted by Gasteiger charge is 2.08. The zero-order valence-electron chi connectivity index (χ0n) is 15.3. The molecule has 28 heavy (non-hydrogen) atoms. The smallest absolute Gasteiger partial charge is 0.411 e. The number of nitrogens with one attached hydrogen (secondary N) is 1. The van der Waals surface area contributed by atoms with Crippen molar-refractivity contribution in [1.82, 2.24) is 0 Å². The summed E-state index contributed by atoms with van der Waals surface area (Å²) in [4.78, 5) is 12.1. The van der Waals surface area contributed by atoms with Gasteiger partial charge >= 0.3 is 6.09 Å². The average molecular weight is 372 g/mol. The molecule has 0 aliphatic rings. The van der Waals surface area contributed by atoms with Crippen LogP contribution < -0.4 is 10.1 Å². The van der Waals surface area contributed by atoms with Crippen molar-refractivity contribution in [2.75, 3.05) is 5.32 Å². The van der Waals surface area contributed by atoms with Crippen molar-refractivity contribution >= 4 is 11.8 Å². The Balaban J connectivity index is 1.56. The van der Waals surface area contributed by atoms with Crippen molar-refractivity contribution in [2.45, 2.75) is 19.6 Å². The van der Waals surface area contributed by atoms with E-state index in [0.717, 1.165) is 16.7 Å². The monoisotopic (exact) mass is 372 g/mol. The Morgan fingerprint density at radius 3 is 2.32 bits per heavy atom. The van der Waals surface area contributed by atoms with E-state index in [1.54, 1.807) is 6.07 Å². The van der Waals surface area contributed by atoms with Crippen molar-refractivity contribution < 1.29 is 14.3 Å².